The van der Waals surface area contributed by atoms with Crippen LogP contribution in [0.1, 0.15) is 58.8 Å². The molecule has 0 aromatic heterocycles. The van der Waals surface area contributed by atoms with Crippen LogP contribution in [0.15, 0.2) is 0 Å². The maximum absolute atomic E-state index is 5.71. The molecule has 12 heavy (non-hydrogen) atoms. The zero-order valence-corrected chi connectivity index (χ0v) is 9.37. The third-order valence-electron chi connectivity index (χ3n) is 2.31. The lowest BCUT2D eigenvalue weighted by atomic mass is 10.0. The summed E-state index contributed by atoms with van der Waals surface area (Å²) in [5.41, 5.74) is 0. The first kappa shape index (κ1) is 12.3. The highest BCUT2D eigenvalue weighted by atomic mass is 35.5. The van der Waals surface area contributed by atoms with Crippen molar-refractivity contribution in [1.82, 2.24) is 0 Å². The summed E-state index contributed by atoms with van der Waals surface area (Å²) in [7, 11) is 0. The van der Waals surface area contributed by atoms with Gasteiger partial charge in [0, 0.05) is 5.88 Å². The predicted octanol–water partition coefficient (Wildman–Crippen LogP) is 4.61. The molecule has 0 amide bonds. The van der Waals surface area contributed by atoms with Crippen LogP contribution in [0.25, 0.3) is 0 Å². The standard InChI is InChI=1S/C11H23Cl/c1-3-4-5-6-7-8-9-11(2)10-12/h11H,3-10H2,1-2H3. The van der Waals surface area contributed by atoms with Gasteiger partial charge in [0.25, 0.3) is 0 Å². The number of hydrogen-bond acceptors (Lipinski definition) is 0. The fourth-order valence-corrected chi connectivity index (χ4v) is 1.50. The van der Waals surface area contributed by atoms with E-state index in [1.807, 2.05) is 0 Å². The summed E-state index contributed by atoms with van der Waals surface area (Å²) < 4.78 is 0. The first-order valence-electron chi connectivity index (χ1n) is 5.37. The number of rotatable bonds is 8. The van der Waals surface area contributed by atoms with E-state index in [1.54, 1.807) is 0 Å². The summed E-state index contributed by atoms with van der Waals surface area (Å²) in [6.45, 7) is 4.49. The second-order valence-electron chi connectivity index (χ2n) is 3.82. The molecule has 0 rings (SSSR count). The van der Waals surface area contributed by atoms with Gasteiger partial charge in [0.2, 0.25) is 0 Å². The third kappa shape index (κ3) is 8.39. The Morgan fingerprint density at radius 3 is 2.17 bits per heavy atom. The highest BCUT2D eigenvalue weighted by Crippen LogP contribution is 2.12. The van der Waals surface area contributed by atoms with Crippen molar-refractivity contribution < 1.29 is 0 Å². The van der Waals surface area contributed by atoms with Crippen LogP contribution in [0.2, 0.25) is 0 Å². The molecule has 0 aliphatic heterocycles. The van der Waals surface area contributed by atoms with Gasteiger partial charge in [-0.3, -0.25) is 0 Å². The Kier molecular flexibility index (Phi) is 9.61. The molecule has 74 valence electrons. The SMILES string of the molecule is CCCCCCCCC(C)CCl. The lowest BCUT2D eigenvalue weighted by Crippen LogP contribution is -1.95. The first-order valence-corrected chi connectivity index (χ1v) is 5.90. The molecule has 0 saturated carbocycles. The lowest BCUT2D eigenvalue weighted by Gasteiger charge is -2.05. The van der Waals surface area contributed by atoms with Crippen LogP contribution >= 0.6 is 11.6 Å². The van der Waals surface area contributed by atoms with Crippen molar-refractivity contribution in [3.63, 3.8) is 0 Å². The van der Waals surface area contributed by atoms with E-state index in [4.69, 9.17) is 11.6 Å². The van der Waals surface area contributed by atoms with Gasteiger partial charge in [-0.15, -0.1) is 11.6 Å². The van der Waals surface area contributed by atoms with Gasteiger partial charge in [0.15, 0.2) is 0 Å². The molecule has 0 heterocycles. The van der Waals surface area contributed by atoms with Gasteiger partial charge in [-0.05, 0) is 12.3 Å². The highest BCUT2D eigenvalue weighted by molar-refractivity contribution is 6.18. The molecule has 0 radical (unpaired) electrons. The number of halogens is 1. The Balaban J connectivity index is 2.90. The molecule has 1 unspecified atom stereocenters. The molecule has 0 aromatic carbocycles. The van der Waals surface area contributed by atoms with Crippen molar-refractivity contribution in [3.8, 4) is 0 Å². The van der Waals surface area contributed by atoms with E-state index >= 15 is 0 Å². The summed E-state index contributed by atoms with van der Waals surface area (Å²) in [6, 6.07) is 0. The predicted molar refractivity (Wildman–Crippen MR) is 57.9 cm³/mol. The van der Waals surface area contributed by atoms with Crippen LogP contribution in [0.3, 0.4) is 0 Å². The Labute approximate surface area is 82.7 Å². The molecule has 0 N–H and O–H groups in total. The zero-order valence-electron chi connectivity index (χ0n) is 8.61. The van der Waals surface area contributed by atoms with Crippen LogP contribution in [0.5, 0.6) is 0 Å². The molecule has 0 nitrogen and oxygen atoms in total. The van der Waals surface area contributed by atoms with E-state index in [0.29, 0.717) is 0 Å². The molecule has 0 aromatic rings. The van der Waals surface area contributed by atoms with Gasteiger partial charge < -0.3 is 0 Å². The molecule has 0 saturated heterocycles. The second kappa shape index (κ2) is 9.38. The van der Waals surface area contributed by atoms with Gasteiger partial charge in [0.05, 0.1) is 0 Å². The molecular weight excluding hydrogens is 168 g/mol. The average Bonchev–Trinajstić information content (AvgIpc) is 2.10. The minimum absolute atomic E-state index is 0.720. The van der Waals surface area contributed by atoms with E-state index < -0.39 is 0 Å². The molecule has 1 heteroatoms. The maximum Gasteiger partial charge on any atom is 0.0249 e. The molecule has 0 bridgehead atoms. The Hall–Kier alpha value is 0.290. The molecule has 0 aliphatic rings. The van der Waals surface area contributed by atoms with E-state index in [1.165, 1.54) is 44.9 Å². The molecule has 0 fully saturated rings. The molecule has 0 spiro atoms. The van der Waals surface area contributed by atoms with Crippen molar-refractivity contribution >= 4 is 11.6 Å². The number of unbranched alkanes of at least 4 members (excludes halogenated alkanes) is 5. The van der Waals surface area contributed by atoms with E-state index in [2.05, 4.69) is 13.8 Å². The topological polar surface area (TPSA) is 0 Å². The fraction of sp³-hybridized carbons (Fsp3) is 1.00. The molecule has 1 atom stereocenters. The van der Waals surface area contributed by atoms with Crippen molar-refractivity contribution in [2.24, 2.45) is 5.92 Å². The van der Waals surface area contributed by atoms with Gasteiger partial charge in [0.1, 0.15) is 0 Å². The Bertz CT molecular complexity index is 81.1. The van der Waals surface area contributed by atoms with Gasteiger partial charge >= 0.3 is 0 Å². The third-order valence-corrected chi connectivity index (χ3v) is 2.84. The lowest BCUT2D eigenvalue weighted by molar-refractivity contribution is 0.517. The minimum Gasteiger partial charge on any atom is -0.126 e. The van der Waals surface area contributed by atoms with Gasteiger partial charge in [-0.25, -0.2) is 0 Å². The Morgan fingerprint density at radius 2 is 1.58 bits per heavy atom. The van der Waals surface area contributed by atoms with Crippen LogP contribution in [0.4, 0.5) is 0 Å². The summed E-state index contributed by atoms with van der Waals surface area (Å²) in [4.78, 5) is 0. The monoisotopic (exact) mass is 190 g/mol. The van der Waals surface area contributed by atoms with E-state index in [0.717, 1.165) is 11.8 Å². The van der Waals surface area contributed by atoms with Crippen LogP contribution < -0.4 is 0 Å². The largest absolute Gasteiger partial charge is 0.126 e. The fourth-order valence-electron chi connectivity index (χ4n) is 1.35. The van der Waals surface area contributed by atoms with Gasteiger partial charge in [-0.1, -0.05) is 52.4 Å². The molecule has 0 aliphatic carbocycles. The zero-order chi connectivity index (χ0) is 9.23. The number of hydrogen-bond donors (Lipinski definition) is 0. The van der Waals surface area contributed by atoms with E-state index in [9.17, 15) is 0 Å². The smallest absolute Gasteiger partial charge is 0.0249 e. The Morgan fingerprint density at radius 1 is 1.00 bits per heavy atom. The second-order valence-corrected chi connectivity index (χ2v) is 4.12. The summed E-state index contributed by atoms with van der Waals surface area (Å²) in [5, 5.41) is 0. The summed E-state index contributed by atoms with van der Waals surface area (Å²) in [5.74, 6) is 1.55. The first-order chi connectivity index (χ1) is 5.81. The quantitative estimate of drug-likeness (QED) is 0.387. The summed E-state index contributed by atoms with van der Waals surface area (Å²) in [6.07, 6.45) is 9.69. The van der Waals surface area contributed by atoms with Crippen LogP contribution in [0, 0.1) is 5.92 Å². The van der Waals surface area contributed by atoms with Gasteiger partial charge in [-0.2, -0.15) is 0 Å². The van der Waals surface area contributed by atoms with Crippen molar-refractivity contribution in [1.29, 1.82) is 0 Å². The normalized spacial score (nSPS) is 13.2. The number of alkyl halides is 1. The highest BCUT2D eigenvalue weighted by Gasteiger charge is 1.98. The van der Waals surface area contributed by atoms with Crippen molar-refractivity contribution in [2.75, 3.05) is 5.88 Å². The van der Waals surface area contributed by atoms with Crippen LogP contribution in [-0.2, 0) is 0 Å². The average molecular weight is 191 g/mol. The summed E-state index contributed by atoms with van der Waals surface area (Å²) >= 11 is 5.71. The van der Waals surface area contributed by atoms with E-state index in [-0.39, 0.29) is 0 Å². The van der Waals surface area contributed by atoms with Crippen molar-refractivity contribution in [2.45, 2.75) is 58.8 Å². The molecular formula is C11H23Cl. The van der Waals surface area contributed by atoms with Crippen LogP contribution in [-0.4, -0.2) is 5.88 Å². The minimum atomic E-state index is 0.720. The maximum atomic E-state index is 5.71. The van der Waals surface area contributed by atoms with Crippen molar-refractivity contribution in [3.05, 3.63) is 0 Å².